The van der Waals surface area contributed by atoms with Crippen LogP contribution in [0.5, 0.6) is 0 Å². The molecule has 1 N–H and O–H groups in total. The van der Waals surface area contributed by atoms with Crippen LogP contribution in [0.3, 0.4) is 0 Å². The second-order valence-electron chi connectivity index (χ2n) is 4.66. The van der Waals surface area contributed by atoms with E-state index in [0.29, 0.717) is 0 Å². The summed E-state index contributed by atoms with van der Waals surface area (Å²) < 4.78 is 0. The molecule has 0 saturated carbocycles. The molecule has 0 aromatic heterocycles. The average Bonchev–Trinajstić information content (AvgIpc) is 2.39. The van der Waals surface area contributed by atoms with Gasteiger partial charge in [0.2, 0.25) is 0 Å². The van der Waals surface area contributed by atoms with Gasteiger partial charge in [0.1, 0.15) is 0 Å². The van der Waals surface area contributed by atoms with Crippen LogP contribution in [-0.4, -0.2) is 6.54 Å². The Morgan fingerprint density at radius 1 is 0.882 bits per heavy atom. The Bertz CT molecular complexity index is 728. The van der Waals surface area contributed by atoms with E-state index in [1.807, 2.05) is 0 Å². The van der Waals surface area contributed by atoms with E-state index in [1.165, 1.54) is 32.8 Å². The first-order chi connectivity index (χ1) is 8.43. The molecule has 82 valence electrons. The van der Waals surface area contributed by atoms with Gasteiger partial charge >= 0.3 is 0 Å². The van der Waals surface area contributed by atoms with Crippen LogP contribution in [0.4, 0.5) is 5.69 Å². The van der Waals surface area contributed by atoms with E-state index in [0.717, 1.165) is 13.0 Å². The van der Waals surface area contributed by atoms with E-state index >= 15 is 0 Å². The molecule has 1 heterocycles. The van der Waals surface area contributed by atoms with Crippen LogP contribution in [0.25, 0.3) is 21.5 Å². The molecule has 1 aliphatic rings. The van der Waals surface area contributed by atoms with E-state index in [4.69, 9.17) is 0 Å². The van der Waals surface area contributed by atoms with Crippen LogP contribution in [0.15, 0.2) is 48.5 Å². The van der Waals surface area contributed by atoms with Crippen molar-refractivity contribution in [2.24, 2.45) is 0 Å². The monoisotopic (exact) mass is 219 g/mol. The molecule has 0 atom stereocenters. The zero-order chi connectivity index (χ0) is 11.2. The van der Waals surface area contributed by atoms with Crippen molar-refractivity contribution >= 4 is 27.2 Å². The van der Waals surface area contributed by atoms with Gasteiger partial charge in [0.25, 0.3) is 0 Å². The molecule has 0 radical (unpaired) electrons. The molecular formula is C16H13N. The van der Waals surface area contributed by atoms with Gasteiger partial charge in [-0.25, -0.2) is 0 Å². The van der Waals surface area contributed by atoms with E-state index in [2.05, 4.69) is 53.8 Å². The predicted molar refractivity (Wildman–Crippen MR) is 73.6 cm³/mol. The maximum Gasteiger partial charge on any atom is 0.0423 e. The van der Waals surface area contributed by atoms with Crippen molar-refractivity contribution in [2.75, 3.05) is 11.9 Å². The highest BCUT2D eigenvalue weighted by Gasteiger charge is 2.14. The summed E-state index contributed by atoms with van der Waals surface area (Å²) in [5.41, 5.74) is 2.79. The third-order valence-electron chi connectivity index (χ3n) is 3.69. The third-order valence-corrected chi connectivity index (χ3v) is 3.69. The molecule has 0 amide bonds. The van der Waals surface area contributed by atoms with Gasteiger partial charge in [0, 0.05) is 17.6 Å². The topological polar surface area (TPSA) is 12.0 Å². The number of hydrogen-bond donors (Lipinski definition) is 1. The Hall–Kier alpha value is -2.02. The lowest BCUT2D eigenvalue weighted by Crippen LogP contribution is -2.11. The fourth-order valence-electron chi connectivity index (χ4n) is 2.96. The molecule has 0 bridgehead atoms. The lowest BCUT2D eigenvalue weighted by atomic mass is 9.92. The molecule has 0 spiro atoms. The van der Waals surface area contributed by atoms with Gasteiger partial charge < -0.3 is 5.32 Å². The minimum absolute atomic E-state index is 1.04. The average molecular weight is 219 g/mol. The highest BCUT2D eigenvalue weighted by atomic mass is 14.9. The number of hydrogen-bond acceptors (Lipinski definition) is 1. The summed E-state index contributed by atoms with van der Waals surface area (Å²) in [5.74, 6) is 0. The molecule has 0 saturated heterocycles. The fourth-order valence-corrected chi connectivity index (χ4v) is 2.96. The molecule has 17 heavy (non-hydrogen) atoms. The molecule has 3 aromatic carbocycles. The van der Waals surface area contributed by atoms with Crippen LogP contribution in [0.2, 0.25) is 0 Å². The van der Waals surface area contributed by atoms with Crippen molar-refractivity contribution in [3.63, 3.8) is 0 Å². The number of benzene rings is 3. The minimum Gasteiger partial charge on any atom is -0.384 e. The zero-order valence-electron chi connectivity index (χ0n) is 9.53. The minimum atomic E-state index is 1.04. The second kappa shape index (κ2) is 3.24. The molecule has 0 unspecified atom stereocenters. The normalized spacial score (nSPS) is 13.9. The third kappa shape index (κ3) is 1.19. The largest absolute Gasteiger partial charge is 0.384 e. The van der Waals surface area contributed by atoms with Gasteiger partial charge in [0.15, 0.2) is 0 Å². The first-order valence-corrected chi connectivity index (χ1v) is 6.11. The summed E-state index contributed by atoms with van der Waals surface area (Å²) in [5, 5.41) is 9.02. The Labute approximate surface area is 100 Å². The SMILES string of the molecule is c1ccc2c3c4c(cccc4cc2c1)NCC3. The predicted octanol–water partition coefficient (Wildman–Crippen LogP) is 3.96. The van der Waals surface area contributed by atoms with E-state index < -0.39 is 0 Å². The standard InChI is InChI=1S/C16H13N/c1-2-6-13-11(4-1)10-12-5-3-7-15-16(12)14(13)8-9-17-15/h1-7,10,17H,8-9H2. The fraction of sp³-hybridized carbons (Fsp3) is 0.125. The number of fused-ring (bicyclic) bond motifs is 2. The molecular weight excluding hydrogens is 206 g/mol. The summed E-state index contributed by atoms with van der Waals surface area (Å²) in [6.07, 6.45) is 1.12. The van der Waals surface area contributed by atoms with Crippen molar-refractivity contribution in [3.8, 4) is 0 Å². The van der Waals surface area contributed by atoms with Gasteiger partial charge in [0.05, 0.1) is 0 Å². The lowest BCUT2D eigenvalue weighted by molar-refractivity contribution is 1.02. The van der Waals surface area contributed by atoms with E-state index in [1.54, 1.807) is 0 Å². The summed E-state index contributed by atoms with van der Waals surface area (Å²) in [6, 6.07) is 17.5. The molecule has 1 aliphatic heterocycles. The smallest absolute Gasteiger partial charge is 0.0423 e. The number of nitrogens with one attached hydrogen (secondary N) is 1. The van der Waals surface area contributed by atoms with Crippen LogP contribution in [-0.2, 0) is 6.42 Å². The molecule has 1 heteroatoms. The highest BCUT2D eigenvalue weighted by Crippen LogP contribution is 2.35. The lowest BCUT2D eigenvalue weighted by Gasteiger charge is -2.21. The molecule has 3 aromatic rings. The van der Waals surface area contributed by atoms with Crippen molar-refractivity contribution in [2.45, 2.75) is 6.42 Å². The highest BCUT2D eigenvalue weighted by molar-refractivity contribution is 6.08. The van der Waals surface area contributed by atoms with Gasteiger partial charge in [-0.15, -0.1) is 0 Å². The van der Waals surface area contributed by atoms with Crippen LogP contribution in [0, 0.1) is 0 Å². The molecule has 0 fully saturated rings. The summed E-state index contributed by atoms with van der Waals surface area (Å²) >= 11 is 0. The summed E-state index contributed by atoms with van der Waals surface area (Å²) in [6.45, 7) is 1.04. The van der Waals surface area contributed by atoms with Crippen molar-refractivity contribution in [3.05, 3.63) is 54.1 Å². The van der Waals surface area contributed by atoms with E-state index in [-0.39, 0.29) is 0 Å². The maximum atomic E-state index is 3.49. The van der Waals surface area contributed by atoms with Crippen molar-refractivity contribution < 1.29 is 0 Å². The van der Waals surface area contributed by atoms with Crippen LogP contribution in [0.1, 0.15) is 5.56 Å². The van der Waals surface area contributed by atoms with Crippen molar-refractivity contribution in [1.82, 2.24) is 0 Å². The summed E-state index contributed by atoms with van der Waals surface area (Å²) in [7, 11) is 0. The molecule has 4 rings (SSSR count). The van der Waals surface area contributed by atoms with Crippen molar-refractivity contribution in [1.29, 1.82) is 0 Å². The van der Waals surface area contributed by atoms with Gasteiger partial charge in [-0.2, -0.15) is 0 Å². The summed E-state index contributed by atoms with van der Waals surface area (Å²) in [4.78, 5) is 0. The zero-order valence-corrected chi connectivity index (χ0v) is 9.53. The van der Waals surface area contributed by atoms with Gasteiger partial charge in [-0.05, 0) is 40.3 Å². The van der Waals surface area contributed by atoms with Crippen LogP contribution < -0.4 is 5.32 Å². The first kappa shape index (κ1) is 9.06. The maximum absolute atomic E-state index is 3.49. The van der Waals surface area contributed by atoms with Gasteiger partial charge in [-0.3, -0.25) is 0 Å². The molecule has 1 nitrogen and oxygen atoms in total. The Balaban J connectivity index is 2.30. The second-order valence-corrected chi connectivity index (χ2v) is 4.66. The van der Waals surface area contributed by atoms with Gasteiger partial charge in [-0.1, -0.05) is 36.4 Å². The Morgan fingerprint density at radius 2 is 1.76 bits per heavy atom. The van der Waals surface area contributed by atoms with Crippen LogP contribution >= 0.6 is 0 Å². The Morgan fingerprint density at radius 3 is 2.76 bits per heavy atom. The van der Waals surface area contributed by atoms with E-state index in [9.17, 15) is 0 Å². The quantitative estimate of drug-likeness (QED) is 0.564. The number of rotatable bonds is 0. The Kier molecular flexibility index (Phi) is 1.72. The molecule has 0 aliphatic carbocycles. The first-order valence-electron chi connectivity index (χ1n) is 6.11. The number of anilines is 1.